The fourth-order valence-electron chi connectivity index (χ4n) is 3.44. The van der Waals surface area contributed by atoms with Gasteiger partial charge in [0.25, 0.3) is 5.91 Å². The third kappa shape index (κ3) is 9.41. The van der Waals surface area contributed by atoms with Gasteiger partial charge in [0.05, 0.1) is 19.1 Å². The molecule has 2 aromatic carbocycles. The zero-order valence-electron chi connectivity index (χ0n) is 25.2. The summed E-state index contributed by atoms with van der Waals surface area (Å²) in [5.41, 5.74) is 2.29. The third-order valence-electron chi connectivity index (χ3n) is 5.35. The molecule has 0 fully saturated rings. The number of amides is 1. The highest BCUT2D eigenvalue weighted by Gasteiger charge is 2.18. The summed E-state index contributed by atoms with van der Waals surface area (Å²) in [6.45, 7) is 13.4. The minimum Gasteiger partial charge on any atom is -0.496 e. The molecule has 9 nitrogen and oxygen atoms in total. The van der Waals surface area contributed by atoms with Crippen LogP contribution in [0.1, 0.15) is 52.2 Å². The molecule has 0 aliphatic heterocycles. The first-order valence-corrected chi connectivity index (χ1v) is 14.5. The van der Waals surface area contributed by atoms with E-state index in [1.54, 1.807) is 31.4 Å². The summed E-state index contributed by atoms with van der Waals surface area (Å²) >= 11 is 1.36. The molecule has 11 heteroatoms. The molecule has 42 heavy (non-hydrogen) atoms. The number of ether oxygens (including phenoxy) is 3. The van der Waals surface area contributed by atoms with Crippen molar-refractivity contribution in [3.8, 4) is 23.1 Å². The highest BCUT2D eigenvalue weighted by atomic mass is 32.2. The first-order valence-electron chi connectivity index (χ1n) is 13.7. The van der Waals surface area contributed by atoms with Crippen molar-refractivity contribution in [2.24, 2.45) is 0 Å². The maximum Gasteiger partial charge on any atom is 0.279 e. The Balaban J connectivity index is 0.00000116. The number of aromatic nitrogens is 2. The lowest BCUT2D eigenvalue weighted by Gasteiger charge is -2.11. The van der Waals surface area contributed by atoms with Gasteiger partial charge in [-0.15, -0.1) is 0 Å². The van der Waals surface area contributed by atoms with Gasteiger partial charge in [0.2, 0.25) is 5.88 Å². The monoisotopic (exact) mass is 598 g/mol. The zero-order valence-corrected chi connectivity index (χ0v) is 26.0. The first-order chi connectivity index (χ1) is 20.3. The second-order valence-corrected chi connectivity index (χ2v) is 9.32. The maximum absolute atomic E-state index is 12.9. The van der Waals surface area contributed by atoms with E-state index in [1.165, 1.54) is 37.2 Å². The molecule has 2 aromatic heterocycles. The number of hydrogen-bond acceptors (Lipinski definition) is 9. The summed E-state index contributed by atoms with van der Waals surface area (Å²) in [6.07, 6.45) is 3.67. The largest absolute Gasteiger partial charge is 0.496 e. The van der Waals surface area contributed by atoms with Crippen molar-refractivity contribution in [3.05, 3.63) is 72.2 Å². The average Bonchev–Trinajstić information content (AvgIpc) is 3.42. The van der Waals surface area contributed by atoms with Gasteiger partial charge in [-0.1, -0.05) is 58.8 Å². The second-order valence-electron chi connectivity index (χ2n) is 8.47. The van der Waals surface area contributed by atoms with Gasteiger partial charge in [-0.2, -0.15) is 0 Å². The Kier molecular flexibility index (Phi) is 14.2. The molecule has 0 bridgehead atoms. The number of nitrogens with zero attached hydrogens (tertiary/aromatic N) is 2. The topological polar surface area (TPSA) is 108 Å². The Bertz CT molecular complexity index is 1460. The van der Waals surface area contributed by atoms with E-state index < -0.39 is 11.7 Å². The Hall–Kier alpha value is -4.25. The molecule has 0 unspecified atom stereocenters. The third-order valence-corrected chi connectivity index (χ3v) is 6.18. The summed E-state index contributed by atoms with van der Waals surface area (Å²) in [6, 6.07) is 12.7. The van der Waals surface area contributed by atoms with Gasteiger partial charge in [-0.05, 0) is 47.7 Å². The van der Waals surface area contributed by atoms with Crippen LogP contribution in [0.5, 0.6) is 23.1 Å². The van der Waals surface area contributed by atoms with Crippen LogP contribution < -0.4 is 24.2 Å². The molecule has 4 aromatic rings. The van der Waals surface area contributed by atoms with Crippen LogP contribution in [-0.2, 0) is 17.8 Å². The van der Waals surface area contributed by atoms with Crippen LogP contribution in [0.15, 0.2) is 70.5 Å². The zero-order chi connectivity index (χ0) is 31.1. The lowest BCUT2D eigenvalue weighted by molar-refractivity contribution is -0.119. The van der Waals surface area contributed by atoms with Crippen LogP contribution in [0.3, 0.4) is 0 Å². The van der Waals surface area contributed by atoms with Crippen LogP contribution in [0.2, 0.25) is 0 Å². The van der Waals surface area contributed by atoms with E-state index in [4.69, 9.17) is 18.7 Å². The van der Waals surface area contributed by atoms with Crippen LogP contribution >= 0.6 is 11.9 Å². The van der Waals surface area contributed by atoms with E-state index in [1.807, 2.05) is 26.0 Å². The molecule has 2 heterocycles. The fraction of sp³-hybridized carbons (Fsp3) is 0.323. The number of methoxy groups -OCH3 is 2. The number of rotatable bonds is 11. The number of carbonyl (C=O) groups is 1. The number of fused-ring (bicyclic) bond motifs is 1. The lowest BCUT2D eigenvalue weighted by Crippen LogP contribution is -2.22. The predicted octanol–water partition coefficient (Wildman–Crippen LogP) is 8.26. The molecule has 226 valence electrons. The number of benzene rings is 2. The first kappa shape index (κ1) is 34.0. The van der Waals surface area contributed by atoms with Crippen molar-refractivity contribution >= 4 is 34.6 Å². The van der Waals surface area contributed by atoms with Gasteiger partial charge in [0.1, 0.15) is 22.6 Å². The van der Waals surface area contributed by atoms with E-state index in [0.717, 1.165) is 17.1 Å². The molecule has 0 saturated heterocycles. The molecule has 0 aliphatic carbocycles. The minimum atomic E-state index is -1.06. The number of nitrogens with one attached hydrogen (secondary N) is 2. The summed E-state index contributed by atoms with van der Waals surface area (Å²) in [4.78, 5) is 16.5. The van der Waals surface area contributed by atoms with Gasteiger partial charge >= 0.3 is 0 Å². The SMILES string of the molecule is C=C(F)C(=O)NCc1ccnc(Oc2cc(OC)c3c(NSc4cc(CC)ccc4OC)noc3c2)c1.CC.CCC. The number of aryl methyl sites for hydroxylation is 1. The molecule has 0 saturated carbocycles. The van der Waals surface area contributed by atoms with Crippen molar-refractivity contribution < 1.29 is 27.9 Å². The molecule has 0 radical (unpaired) electrons. The predicted molar refractivity (Wildman–Crippen MR) is 166 cm³/mol. The summed E-state index contributed by atoms with van der Waals surface area (Å²) < 4.78 is 38.6. The summed E-state index contributed by atoms with van der Waals surface area (Å²) in [5.74, 6) is 0.451. The molecule has 0 spiro atoms. The smallest absolute Gasteiger partial charge is 0.279 e. The number of carbonyl (C=O) groups excluding carboxylic acids is 1. The standard InChI is InChI=1S/C26H25FN4O5S.C3H8.C2H6/c1-5-16-6-7-19(33-3)22(10-16)37-31-25-24-20(34-4)12-18(13-21(24)36-30-25)35-23-11-17(8-9-28-23)14-29-26(32)15(2)27;1-3-2;1-2/h6-13H,2,5,14H2,1,3-4H3,(H,29,32)(H,30,31);3H2,1-2H3;1-2H3. The van der Waals surface area contributed by atoms with Crippen molar-refractivity contribution in [1.82, 2.24) is 15.5 Å². The Morgan fingerprint density at radius 3 is 2.38 bits per heavy atom. The van der Waals surface area contributed by atoms with Crippen molar-refractivity contribution in [1.29, 1.82) is 0 Å². The van der Waals surface area contributed by atoms with Gasteiger partial charge < -0.3 is 28.8 Å². The highest BCUT2D eigenvalue weighted by molar-refractivity contribution is 8.00. The molecule has 0 aliphatic rings. The summed E-state index contributed by atoms with van der Waals surface area (Å²) in [5, 5.41) is 7.21. The molecule has 1 amide bonds. The van der Waals surface area contributed by atoms with Gasteiger partial charge in [0, 0.05) is 30.9 Å². The van der Waals surface area contributed by atoms with Gasteiger partial charge in [-0.3, -0.25) is 4.79 Å². The maximum atomic E-state index is 12.9. The van der Waals surface area contributed by atoms with E-state index in [2.05, 4.69) is 53.6 Å². The number of anilines is 1. The Labute approximate surface area is 251 Å². The van der Waals surface area contributed by atoms with Crippen molar-refractivity contribution in [3.63, 3.8) is 0 Å². The highest BCUT2D eigenvalue weighted by Crippen LogP contribution is 2.39. The van der Waals surface area contributed by atoms with Gasteiger partial charge in [-0.25, -0.2) is 9.37 Å². The minimum absolute atomic E-state index is 0.0871. The quantitative estimate of drug-likeness (QED) is 0.130. The van der Waals surface area contributed by atoms with Crippen molar-refractivity contribution in [2.75, 3.05) is 18.9 Å². The Morgan fingerprint density at radius 2 is 1.74 bits per heavy atom. The number of pyridine rings is 1. The van der Waals surface area contributed by atoms with Crippen molar-refractivity contribution in [2.45, 2.75) is 58.9 Å². The van der Waals surface area contributed by atoms with Crippen LogP contribution in [0, 0.1) is 0 Å². The molecule has 2 N–H and O–H groups in total. The number of halogens is 1. The molecular formula is C31H39FN4O5S. The normalized spacial score (nSPS) is 10.0. The van der Waals surface area contributed by atoms with Crippen LogP contribution in [0.25, 0.3) is 11.0 Å². The molecule has 4 rings (SSSR count). The molecular weight excluding hydrogens is 559 g/mol. The van der Waals surface area contributed by atoms with Crippen LogP contribution in [-0.4, -0.2) is 30.3 Å². The van der Waals surface area contributed by atoms with E-state index in [9.17, 15) is 9.18 Å². The van der Waals surface area contributed by atoms with E-state index >= 15 is 0 Å². The number of hydrogen-bond donors (Lipinski definition) is 2. The average molecular weight is 599 g/mol. The van der Waals surface area contributed by atoms with E-state index in [0.29, 0.717) is 33.8 Å². The summed E-state index contributed by atoms with van der Waals surface area (Å²) in [7, 11) is 3.17. The van der Waals surface area contributed by atoms with E-state index in [-0.39, 0.29) is 12.4 Å². The lowest BCUT2D eigenvalue weighted by atomic mass is 10.2. The molecule has 0 atom stereocenters. The van der Waals surface area contributed by atoms with Gasteiger partial charge in [0.15, 0.2) is 17.2 Å². The fourth-order valence-corrected chi connectivity index (χ4v) is 4.25. The second kappa shape index (κ2) is 17.5. The Morgan fingerprint density at radius 1 is 1.02 bits per heavy atom. The van der Waals surface area contributed by atoms with Crippen LogP contribution in [0.4, 0.5) is 10.2 Å².